The van der Waals surface area contributed by atoms with Gasteiger partial charge in [-0.2, -0.15) is 0 Å². The highest BCUT2D eigenvalue weighted by molar-refractivity contribution is 7.80. The van der Waals surface area contributed by atoms with Crippen LogP contribution in [-0.2, 0) is 11.2 Å². The largest absolute Gasteiger partial charge is 0.376 e. The molecule has 1 heterocycles. The summed E-state index contributed by atoms with van der Waals surface area (Å²) >= 11 is 4.69. The molecule has 0 saturated heterocycles. The second-order valence-electron chi connectivity index (χ2n) is 3.52. The Morgan fingerprint density at radius 1 is 1.50 bits per heavy atom. The van der Waals surface area contributed by atoms with E-state index in [1.807, 2.05) is 0 Å². The summed E-state index contributed by atoms with van der Waals surface area (Å²) in [4.78, 5) is 11.3. The minimum Gasteiger partial charge on any atom is -0.376 e. The summed E-state index contributed by atoms with van der Waals surface area (Å²) in [5.74, 6) is -0.473. The molecule has 1 aromatic carbocycles. The second-order valence-corrected chi connectivity index (χ2v) is 3.96. The summed E-state index contributed by atoms with van der Waals surface area (Å²) in [5.41, 5.74) is 7.04. The first-order valence-electron chi connectivity index (χ1n) is 4.75. The molecule has 6 heteroatoms. The average molecular weight is 239 g/mol. The minimum atomic E-state index is -0.381. The maximum Gasteiger partial charge on any atom is 0.224 e. The molecule has 0 fully saturated rings. The van der Waals surface area contributed by atoms with Crippen LogP contribution in [0.25, 0.3) is 0 Å². The highest BCUT2D eigenvalue weighted by Crippen LogP contribution is 2.31. The first-order chi connectivity index (χ1) is 7.56. The summed E-state index contributed by atoms with van der Waals surface area (Å²) in [6.45, 7) is 0. The molecule has 0 unspecified atom stereocenters. The first-order valence-corrected chi connectivity index (χ1v) is 5.16. The van der Waals surface area contributed by atoms with E-state index >= 15 is 0 Å². The lowest BCUT2D eigenvalue weighted by Crippen LogP contribution is -2.24. The Bertz CT molecular complexity index is 475. The Kier molecular flexibility index (Phi) is 2.74. The normalized spacial score (nSPS) is 13.9. The number of fused-ring (bicyclic) bond motifs is 1. The third-order valence-electron chi connectivity index (χ3n) is 2.33. The standard InChI is InChI=1S/C10H10FN3OS/c11-6-3-5-1-2-8(15)14-9(5)7(4-6)13-10(12)16/h3-4H,1-2H2,(H,14,15)(H3,12,13,16). The van der Waals surface area contributed by atoms with Gasteiger partial charge in [0.2, 0.25) is 5.91 Å². The number of nitrogens with two attached hydrogens (primary N) is 1. The topological polar surface area (TPSA) is 67.2 Å². The minimum absolute atomic E-state index is 0.0348. The zero-order valence-electron chi connectivity index (χ0n) is 8.34. The number of aryl methyl sites for hydroxylation is 1. The molecule has 1 aliphatic heterocycles. The van der Waals surface area contributed by atoms with Crippen molar-refractivity contribution in [2.24, 2.45) is 5.73 Å². The van der Waals surface area contributed by atoms with Gasteiger partial charge >= 0.3 is 0 Å². The van der Waals surface area contributed by atoms with Crippen LogP contribution in [0.2, 0.25) is 0 Å². The molecule has 0 aliphatic carbocycles. The lowest BCUT2D eigenvalue weighted by Gasteiger charge is -2.20. The third-order valence-corrected chi connectivity index (χ3v) is 2.43. The number of hydrogen-bond donors (Lipinski definition) is 3. The van der Waals surface area contributed by atoms with Crippen LogP contribution in [0.5, 0.6) is 0 Å². The van der Waals surface area contributed by atoms with Gasteiger partial charge in [0.1, 0.15) is 5.82 Å². The fourth-order valence-electron chi connectivity index (χ4n) is 1.69. The van der Waals surface area contributed by atoms with E-state index in [-0.39, 0.29) is 16.8 Å². The Labute approximate surface area is 97.0 Å². The van der Waals surface area contributed by atoms with Crippen molar-refractivity contribution in [2.45, 2.75) is 12.8 Å². The van der Waals surface area contributed by atoms with Crippen LogP contribution in [0, 0.1) is 5.82 Å². The van der Waals surface area contributed by atoms with Crippen molar-refractivity contribution in [2.75, 3.05) is 10.6 Å². The zero-order valence-corrected chi connectivity index (χ0v) is 9.16. The van der Waals surface area contributed by atoms with Gasteiger partial charge < -0.3 is 16.4 Å². The van der Waals surface area contributed by atoms with Crippen LogP contribution >= 0.6 is 12.2 Å². The monoisotopic (exact) mass is 239 g/mol. The lowest BCUT2D eigenvalue weighted by atomic mass is 10.0. The Morgan fingerprint density at radius 2 is 2.25 bits per heavy atom. The van der Waals surface area contributed by atoms with Crippen LogP contribution in [0.15, 0.2) is 12.1 Å². The zero-order chi connectivity index (χ0) is 11.7. The summed E-state index contributed by atoms with van der Waals surface area (Å²) in [6.07, 6.45) is 0.883. The second kappa shape index (κ2) is 4.05. The number of halogens is 1. The molecule has 0 atom stereocenters. The van der Waals surface area contributed by atoms with Gasteiger partial charge in [-0.25, -0.2) is 4.39 Å². The van der Waals surface area contributed by atoms with Crippen molar-refractivity contribution in [3.63, 3.8) is 0 Å². The molecule has 1 aliphatic rings. The van der Waals surface area contributed by atoms with Gasteiger partial charge in [-0.15, -0.1) is 0 Å². The van der Waals surface area contributed by atoms with E-state index < -0.39 is 0 Å². The lowest BCUT2D eigenvalue weighted by molar-refractivity contribution is -0.116. The molecule has 0 radical (unpaired) electrons. The van der Waals surface area contributed by atoms with Gasteiger partial charge in [-0.1, -0.05) is 0 Å². The number of carbonyl (C=O) groups excluding carboxylic acids is 1. The molecule has 0 spiro atoms. The molecule has 4 nitrogen and oxygen atoms in total. The number of rotatable bonds is 1. The molecule has 1 amide bonds. The van der Waals surface area contributed by atoms with Crippen molar-refractivity contribution in [1.29, 1.82) is 0 Å². The van der Waals surface area contributed by atoms with Crippen LogP contribution < -0.4 is 16.4 Å². The molecule has 2 rings (SSSR count). The molecule has 0 aromatic heterocycles. The molecular weight excluding hydrogens is 229 g/mol. The van der Waals surface area contributed by atoms with E-state index in [1.165, 1.54) is 12.1 Å². The van der Waals surface area contributed by atoms with Gasteiger partial charge in [-0.3, -0.25) is 4.79 Å². The molecule has 0 saturated carbocycles. The number of nitrogens with one attached hydrogen (secondary N) is 2. The van der Waals surface area contributed by atoms with Crippen LogP contribution in [0.3, 0.4) is 0 Å². The predicted molar refractivity (Wildman–Crippen MR) is 63.8 cm³/mol. The summed E-state index contributed by atoms with van der Waals surface area (Å²) in [5, 5.41) is 5.36. The quantitative estimate of drug-likeness (QED) is 0.647. The fraction of sp³-hybridized carbons (Fsp3) is 0.200. The number of carbonyl (C=O) groups is 1. The van der Waals surface area contributed by atoms with Crippen molar-refractivity contribution < 1.29 is 9.18 Å². The number of hydrogen-bond acceptors (Lipinski definition) is 2. The smallest absolute Gasteiger partial charge is 0.224 e. The van der Waals surface area contributed by atoms with Crippen LogP contribution in [-0.4, -0.2) is 11.0 Å². The van der Waals surface area contributed by atoms with E-state index in [4.69, 9.17) is 5.73 Å². The fourth-order valence-corrected chi connectivity index (χ4v) is 1.80. The Morgan fingerprint density at radius 3 is 2.94 bits per heavy atom. The maximum atomic E-state index is 13.3. The van der Waals surface area contributed by atoms with Gasteiger partial charge in [0.25, 0.3) is 0 Å². The van der Waals surface area contributed by atoms with E-state index in [0.29, 0.717) is 24.2 Å². The molecular formula is C10H10FN3OS. The first kappa shape index (κ1) is 10.8. The number of anilines is 2. The SMILES string of the molecule is NC(=S)Nc1cc(F)cc2c1NC(=O)CC2. The highest BCUT2D eigenvalue weighted by Gasteiger charge is 2.19. The molecule has 0 bridgehead atoms. The highest BCUT2D eigenvalue weighted by atomic mass is 32.1. The van der Waals surface area contributed by atoms with Crippen LogP contribution in [0.4, 0.5) is 15.8 Å². The van der Waals surface area contributed by atoms with Crippen molar-refractivity contribution >= 4 is 34.6 Å². The van der Waals surface area contributed by atoms with Gasteiger partial charge in [-0.05, 0) is 36.3 Å². The van der Waals surface area contributed by atoms with E-state index in [0.717, 1.165) is 5.56 Å². The Hall–Kier alpha value is -1.69. The average Bonchev–Trinajstić information content (AvgIpc) is 2.18. The molecule has 4 N–H and O–H groups in total. The summed E-state index contributed by atoms with van der Waals surface area (Å²) in [6, 6.07) is 2.66. The van der Waals surface area contributed by atoms with Crippen molar-refractivity contribution in [1.82, 2.24) is 0 Å². The van der Waals surface area contributed by atoms with Crippen molar-refractivity contribution in [3.05, 3.63) is 23.5 Å². The predicted octanol–water partition coefficient (Wildman–Crippen LogP) is 1.37. The Balaban J connectivity index is 2.46. The van der Waals surface area contributed by atoms with E-state index in [9.17, 15) is 9.18 Å². The summed E-state index contributed by atoms with van der Waals surface area (Å²) < 4.78 is 13.3. The van der Waals surface area contributed by atoms with Gasteiger partial charge in [0.15, 0.2) is 5.11 Å². The molecule has 16 heavy (non-hydrogen) atoms. The van der Waals surface area contributed by atoms with E-state index in [1.54, 1.807) is 0 Å². The van der Waals surface area contributed by atoms with E-state index in [2.05, 4.69) is 22.9 Å². The third kappa shape index (κ3) is 2.11. The molecule has 84 valence electrons. The maximum absolute atomic E-state index is 13.3. The van der Waals surface area contributed by atoms with Gasteiger partial charge in [0, 0.05) is 6.42 Å². The number of benzene rings is 1. The van der Waals surface area contributed by atoms with Crippen molar-refractivity contribution in [3.8, 4) is 0 Å². The number of thiocarbonyl (C=S) groups is 1. The molecule has 1 aromatic rings. The summed E-state index contributed by atoms with van der Waals surface area (Å²) in [7, 11) is 0. The number of amides is 1. The van der Waals surface area contributed by atoms with Crippen LogP contribution in [0.1, 0.15) is 12.0 Å². The van der Waals surface area contributed by atoms with Gasteiger partial charge in [0.05, 0.1) is 11.4 Å².